The summed E-state index contributed by atoms with van der Waals surface area (Å²) in [5, 5.41) is 3.54. The lowest BCUT2D eigenvalue weighted by atomic mass is 10.1. The molecule has 0 aliphatic carbocycles. The van der Waals surface area contributed by atoms with E-state index in [2.05, 4.69) is 22.3 Å². The van der Waals surface area contributed by atoms with Gasteiger partial charge >= 0.3 is 0 Å². The van der Waals surface area contributed by atoms with Crippen molar-refractivity contribution in [1.82, 2.24) is 4.90 Å². The van der Waals surface area contributed by atoms with Gasteiger partial charge in [-0.3, -0.25) is 9.69 Å². The van der Waals surface area contributed by atoms with Gasteiger partial charge in [0.1, 0.15) is 0 Å². The number of carbonyl (C=O) groups excluding carboxylic acids is 1. The van der Waals surface area contributed by atoms with Crippen molar-refractivity contribution in [2.75, 3.05) is 18.4 Å². The second-order valence-electron chi connectivity index (χ2n) is 6.41. The molecule has 3 nitrogen and oxygen atoms in total. The molecular weight excluding hydrogens is 332 g/mol. The van der Waals surface area contributed by atoms with Gasteiger partial charge in [0.05, 0.1) is 0 Å². The minimum Gasteiger partial charge on any atom is -0.323 e. The Labute approximate surface area is 154 Å². The fourth-order valence-corrected chi connectivity index (χ4v) is 3.23. The minimum absolute atomic E-state index is 0.149. The predicted molar refractivity (Wildman–Crippen MR) is 105 cm³/mol. The van der Waals surface area contributed by atoms with Gasteiger partial charge in [0.15, 0.2) is 0 Å². The van der Waals surface area contributed by atoms with Gasteiger partial charge in [-0.15, -0.1) is 0 Å². The molecule has 1 fully saturated rings. The van der Waals surface area contributed by atoms with E-state index in [0.717, 1.165) is 17.8 Å². The molecule has 0 spiro atoms. The van der Waals surface area contributed by atoms with Crippen molar-refractivity contribution >= 4 is 29.3 Å². The minimum atomic E-state index is -0.149. The van der Waals surface area contributed by atoms with Crippen molar-refractivity contribution in [3.63, 3.8) is 0 Å². The van der Waals surface area contributed by atoms with Gasteiger partial charge in [0, 0.05) is 23.3 Å². The predicted octanol–water partition coefficient (Wildman–Crippen LogP) is 4.98. The number of carbonyl (C=O) groups is 1. The number of hydrogen-bond donors (Lipinski definition) is 1. The zero-order chi connectivity index (χ0) is 17.5. The van der Waals surface area contributed by atoms with Gasteiger partial charge in [0.25, 0.3) is 0 Å². The largest absolute Gasteiger partial charge is 0.323 e. The van der Waals surface area contributed by atoms with E-state index in [0.29, 0.717) is 5.02 Å². The van der Waals surface area contributed by atoms with E-state index >= 15 is 0 Å². The molecule has 25 heavy (non-hydrogen) atoms. The quantitative estimate of drug-likeness (QED) is 0.768. The molecule has 3 rings (SSSR count). The molecule has 2 aromatic rings. The maximum Gasteiger partial charge on any atom is 0.248 e. The summed E-state index contributed by atoms with van der Waals surface area (Å²) >= 11 is 5.94. The van der Waals surface area contributed by atoms with Gasteiger partial charge in [-0.25, -0.2) is 0 Å². The third-order valence-corrected chi connectivity index (χ3v) is 4.59. The Morgan fingerprint density at radius 1 is 1.08 bits per heavy atom. The molecule has 0 unspecified atom stereocenters. The maximum absolute atomic E-state index is 12.0. The second-order valence-corrected chi connectivity index (χ2v) is 6.85. The number of benzene rings is 2. The van der Waals surface area contributed by atoms with E-state index in [1.165, 1.54) is 44.0 Å². The molecular formula is C21H23ClN2O. The standard InChI is InChI=1S/C21H23ClN2O/c22-19-6-4-5-17(15-19)9-12-21(25)23-20-10-7-18(8-11-20)16-24-13-2-1-3-14-24/h4-12,15H,1-3,13-14,16H2,(H,23,25)/b12-9+. The van der Waals surface area contributed by atoms with Crippen LogP contribution in [-0.2, 0) is 11.3 Å². The molecule has 130 valence electrons. The topological polar surface area (TPSA) is 32.3 Å². The van der Waals surface area contributed by atoms with Crippen LogP contribution in [0.4, 0.5) is 5.69 Å². The zero-order valence-corrected chi connectivity index (χ0v) is 15.0. The van der Waals surface area contributed by atoms with Crippen LogP contribution in [-0.4, -0.2) is 23.9 Å². The van der Waals surface area contributed by atoms with Gasteiger partial charge in [-0.2, -0.15) is 0 Å². The average Bonchev–Trinajstić information content (AvgIpc) is 2.63. The van der Waals surface area contributed by atoms with Crippen LogP contribution in [0.15, 0.2) is 54.6 Å². The first-order valence-corrected chi connectivity index (χ1v) is 9.13. The number of likely N-dealkylation sites (tertiary alicyclic amines) is 1. The van der Waals surface area contributed by atoms with Crippen molar-refractivity contribution in [3.8, 4) is 0 Å². The summed E-state index contributed by atoms with van der Waals surface area (Å²) in [5.74, 6) is -0.149. The molecule has 0 saturated carbocycles. The Morgan fingerprint density at radius 3 is 2.56 bits per heavy atom. The van der Waals surface area contributed by atoms with Gasteiger partial charge in [-0.05, 0) is 67.4 Å². The van der Waals surface area contributed by atoms with Crippen LogP contribution in [0.1, 0.15) is 30.4 Å². The first-order chi connectivity index (χ1) is 12.2. The van der Waals surface area contributed by atoms with Gasteiger partial charge in [-0.1, -0.05) is 42.3 Å². The lowest BCUT2D eigenvalue weighted by molar-refractivity contribution is -0.111. The zero-order valence-electron chi connectivity index (χ0n) is 14.2. The number of nitrogens with zero attached hydrogens (tertiary/aromatic N) is 1. The van der Waals surface area contributed by atoms with E-state index in [1.54, 1.807) is 6.08 Å². The summed E-state index contributed by atoms with van der Waals surface area (Å²) in [5.41, 5.74) is 3.00. The molecule has 2 aromatic carbocycles. The summed E-state index contributed by atoms with van der Waals surface area (Å²) in [6, 6.07) is 15.5. The Bertz CT molecular complexity index is 734. The molecule has 4 heteroatoms. The van der Waals surface area contributed by atoms with E-state index in [1.807, 2.05) is 36.4 Å². The highest BCUT2D eigenvalue weighted by Gasteiger charge is 2.10. The maximum atomic E-state index is 12.0. The number of nitrogens with one attached hydrogen (secondary N) is 1. The average molecular weight is 355 g/mol. The molecule has 1 heterocycles. The molecule has 0 aromatic heterocycles. The highest BCUT2D eigenvalue weighted by Crippen LogP contribution is 2.16. The SMILES string of the molecule is O=C(/C=C/c1cccc(Cl)c1)Nc1ccc(CN2CCCCC2)cc1. The van der Waals surface area contributed by atoms with Crippen LogP contribution >= 0.6 is 11.6 Å². The lowest BCUT2D eigenvalue weighted by Crippen LogP contribution is -2.29. The van der Waals surface area contributed by atoms with Gasteiger partial charge < -0.3 is 5.32 Å². The Balaban J connectivity index is 1.52. The van der Waals surface area contributed by atoms with Crippen LogP contribution in [0.3, 0.4) is 0 Å². The molecule has 0 atom stereocenters. The van der Waals surface area contributed by atoms with Crippen molar-refractivity contribution in [1.29, 1.82) is 0 Å². The van der Waals surface area contributed by atoms with Crippen molar-refractivity contribution in [2.24, 2.45) is 0 Å². The number of rotatable bonds is 5. The van der Waals surface area contributed by atoms with Crippen LogP contribution < -0.4 is 5.32 Å². The molecule has 0 bridgehead atoms. The van der Waals surface area contributed by atoms with E-state index < -0.39 is 0 Å². The monoisotopic (exact) mass is 354 g/mol. The number of halogens is 1. The first-order valence-electron chi connectivity index (χ1n) is 8.75. The summed E-state index contributed by atoms with van der Waals surface area (Å²) in [7, 11) is 0. The Hall–Kier alpha value is -2.10. The van der Waals surface area contributed by atoms with Crippen LogP contribution in [0.2, 0.25) is 5.02 Å². The van der Waals surface area contributed by atoms with E-state index in [4.69, 9.17) is 11.6 Å². The van der Waals surface area contributed by atoms with Crippen molar-refractivity contribution in [2.45, 2.75) is 25.8 Å². The Kier molecular flexibility index (Phi) is 6.26. The summed E-state index contributed by atoms with van der Waals surface area (Å²) in [6.45, 7) is 3.36. The molecule has 1 aliphatic heterocycles. The first kappa shape index (κ1) is 17.7. The third kappa shape index (κ3) is 5.73. The fourth-order valence-electron chi connectivity index (χ4n) is 3.04. The van der Waals surface area contributed by atoms with Crippen molar-refractivity contribution in [3.05, 3.63) is 70.8 Å². The Morgan fingerprint density at radius 2 is 1.84 bits per heavy atom. The highest BCUT2D eigenvalue weighted by molar-refractivity contribution is 6.30. The number of amides is 1. The number of hydrogen-bond acceptors (Lipinski definition) is 2. The molecule has 1 saturated heterocycles. The third-order valence-electron chi connectivity index (χ3n) is 4.35. The van der Waals surface area contributed by atoms with Crippen LogP contribution in [0, 0.1) is 0 Å². The second kappa shape index (κ2) is 8.84. The molecule has 1 aliphatic rings. The summed E-state index contributed by atoms with van der Waals surface area (Å²) in [4.78, 5) is 14.5. The van der Waals surface area contributed by atoms with Crippen LogP contribution in [0.25, 0.3) is 6.08 Å². The number of piperidine rings is 1. The van der Waals surface area contributed by atoms with Crippen molar-refractivity contribution < 1.29 is 4.79 Å². The molecule has 1 N–H and O–H groups in total. The normalized spacial score (nSPS) is 15.4. The van der Waals surface area contributed by atoms with Gasteiger partial charge in [0.2, 0.25) is 5.91 Å². The van der Waals surface area contributed by atoms with Crippen LogP contribution in [0.5, 0.6) is 0 Å². The summed E-state index contributed by atoms with van der Waals surface area (Å²) in [6.07, 6.45) is 7.23. The fraction of sp³-hybridized carbons (Fsp3) is 0.286. The van der Waals surface area contributed by atoms with E-state index in [-0.39, 0.29) is 5.91 Å². The lowest BCUT2D eigenvalue weighted by Gasteiger charge is -2.26. The molecule has 1 amide bonds. The molecule has 0 radical (unpaired) electrons. The smallest absolute Gasteiger partial charge is 0.248 e. The van der Waals surface area contributed by atoms with E-state index in [9.17, 15) is 4.79 Å². The summed E-state index contributed by atoms with van der Waals surface area (Å²) < 4.78 is 0. The highest BCUT2D eigenvalue weighted by atomic mass is 35.5. The number of anilines is 1.